The first kappa shape index (κ1) is 16.3. The van der Waals surface area contributed by atoms with E-state index >= 15 is 0 Å². The minimum Gasteiger partial charge on any atom is -0.371 e. The van der Waals surface area contributed by atoms with Gasteiger partial charge in [-0.05, 0) is 48.1 Å². The molecule has 0 bridgehead atoms. The van der Waals surface area contributed by atoms with Gasteiger partial charge >= 0.3 is 0 Å². The van der Waals surface area contributed by atoms with Crippen molar-refractivity contribution in [2.75, 3.05) is 23.3 Å². The van der Waals surface area contributed by atoms with Gasteiger partial charge in [0.2, 0.25) is 0 Å². The Balaban J connectivity index is 1.42. The standard InChI is InChI=1S/C19H19N3OS2/c1-13-8-9-22(11-13)15-6-4-14(5-7-15)20-18(23)16-12-25-19(21-16)17-3-2-10-24-17/h2-7,10,12-13H,8-9,11H2,1H3,(H,20,23). The van der Waals surface area contributed by atoms with Gasteiger partial charge in [-0.3, -0.25) is 4.79 Å². The predicted molar refractivity (Wildman–Crippen MR) is 106 cm³/mol. The lowest BCUT2D eigenvalue weighted by atomic mass is 10.2. The number of hydrogen-bond donors (Lipinski definition) is 1. The SMILES string of the molecule is CC1CCN(c2ccc(NC(=O)c3csc(-c4cccs4)n3)cc2)C1. The number of nitrogens with one attached hydrogen (secondary N) is 1. The number of carbonyl (C=O) groups is 1. The summed E-state index contributed by atoms with van der Waals surface area (Å²) in [5, 5.41) is 7.64. The number of rotatable bonds is 4. The number of thiophene rings is 1. The summed E-state index contributed by atoms with van der Waals surface area (Å²) in [5.74, 6) is 0.586. The van der Waals surface area contributed by atoms with Gasteiger partial charge in [0, 0.05) is 29.8 Å². The molecule has 1 aliphatic heterocycles. The van der Waals surface area contributed by atoms with Gasteiger partial charge in [-0.25, -0.2) is 4.98 Å². The molecule has 1 amide bonds. The summed E-state index contributed by atoms with van der Waals surface area (Å²) in [6.45, 7) is 4.50. The average Bonchev–Trinajstić information content (AvgIpc) is 3.36. The number of nitrogens with zero attached hydrogens (tertiary/aromatic N) is 2. The summed E-state index contributed by atoms with van der Waals surface area (Å²) in [5.41, 5.74) is 2.48. The van der Waals surface area contributed by atoms with Crippen LogP contribution in [0.1, 0.15) is 23.8 Å². The molecule has 4 nitrogen and oxygen atoms in total. The Hall–Kier alpha value is -2.18. The fourth-order valence-corrected chi connectivity index (χ4v) is 4.63. The van der Waals surface area contributed by atoms with Gasteiger partial charge in [0.05, 0.1) is 4.88 Å². The third kappa shape index (κ3) is 3.60. The molecule has 0 saturated carbocycles. The molecule has 128 valence electrons. The molecule has 1 aromatic carbocycles. The van der Waals surface area contributed by atoms with Gasteiger partial charge in [0.15, 0.2) is 0 Å². The molecule has 6 heteroatoms. The molecular formula is C19H19N3OS2. The van der Waals surface area contributed by atoms with Crippen LogP contribution < -0.4 is 10.2 Å². The van der Waals surface area contributed by atoms with E-state index in [2.05, 4.69) is 34.3 Å². The zero-order valence-electron chi connectivity index (χ0n) is 13.9. The first-order valence-electron chi connectivity index (χ1n) is 8.35. The van der Waals surface area contributed by atoms with Crippen molar-refractivity contribution < 1.29 is 4.79 Å². The molecule has 0 radical (unpaired) electrons. The van der Waals surface area contributed by atoms with Gasteiger partial charge in [-0.2, -0.15) is 0 Å². The van der Waals surface area contributed by atoms with E-state index in [0.717, 1.165) is 34.6 Å². The molecule has 1 fully saturated rings. The van der Waals surface area contributed by atoms with Gasteiger partial charge in [-0.1, -0.05) is 13.0 Å². The lowest BCUT2D eigenvalue weighted by Crippen LogP contribution is -2.19. The van der Waals surface area contributed by atoms with Gasteiger partial charge < -0.3 is 10.2 Å². The van der Waals surface area contributed by atoms with Gasteiger partial charge in [0.25, 0.3) is 5.91 Å². The summed E-state index contributed by atoms with van der Waals surface area (Å²) in [7, 11) is 0. The van der Waals surface area contributed by atoms with Crippen molar-refractivity contribution in [2.45, 2.75) is 13.3 Å². The number of thiazole rings is 1. The van der Waals surface area contributed by atoms with Crippen LogP contribution in [0.5, 0.6) is 0 Å². The zero-order valence-corrected chi connectivity index (χ0v) is 15.6. The molecule has 0 aliphatic carbocycles. The quantitative estimate of drug-likeness (QED) is 0.706. The Bertz CT molecular complexity index is 855. The molecule has 3 heterocycles. The molecule has 2 aromatic heterocycles. The van der Waals surface area contributed by atoms with Gasteiger partial charge in [0.1, 0.15) is 10.7 Å². The van der Waals surface area contributed by atoms with Crippen LogP contribution in [0.15, 0.2) is 47.2 Å². The van der Waals surface area contributed by atoms with E-state index in [1.165, 1.54) is 23.4 Å². The molecule has 1 aliphatic rings. The highest BCUT2D eigenvalue weighted by Crippen LogP contribution is 2.28. The number of amides is 1. The molecule has 1 atom stereocenters. The van der Waals surface area contributed by atoms with Crippen molar-refractivity contribution in [3.8, 4) is 9.88 Å². The maximum atomic E-state index is 12.4. The van der Waals surface area contributed by atoms with Crippen LogP contribution >= 0.6 is 22.7 Å². The maximum Gasteiger partial charge on any atom is 0.275 e. The van der Waals surface area contributed by atoms with Crippen molar-refractivity contribution in [1.82, 2.24) is 4.98 Å². The number of aromatic nitrogens is 1. The average molecular weight is 370 g/mol. The number of benzene rings is 1. The first-order valence-corrected chi connectivity index (χ1v) is 10.1. The molecule has 0 spiro atoms. The summed E-state index contributed by atoms with van der Waals surface area (Å²) in [6, 6.07) is 12.1. The Morgan fingerprint density at radius 3 is 2.76 bits per heavy atom. The second kappa shape index (κ2) is 6.98. The second-order valence-electron chi connectivity index (χ2n) is 6.36. The van der Waals surface area contributed by atoms with Crippen LogP contribution in [0.4, 0.5) is 11.4 Å². The number of hydrogen-bond acceptors (Lipinski definition) is 5. The van der Waals surface area contributed by atoms with Crippen LogP contribution in [-0.2, 0) is 0 Å². The van der Waals surface area contributed by atoms with Crippen molar-refractivity contribution in [3.05, 3.63) is 52.9 Å². The van der Waals surface area contributed by atoms with E-state index in [9.17, 15) is 4.79 Å². The summed E-state index contributed by atoms with van der Waals surface area (Å²) < 4.78 is 0. The Kier molecular flexibility index (Phi) is 4.55. The highest BCUT2D eigenvalue weighted by molar-refractivity contribution is 7.20. The third-order valence-corrected chi connectivity index (χ3v) is 6.26. The minimum absolute atomic E-state index is 0.165. The fraction of sp³-hybridized carbons (Fsp3) is 0.263. The first-order chi connectivity index (χ1) is 12.2. The molecular weight excluding hydrogens is 350 g/mol. The molecule has 1 saturated heterocycles. The topological polar surface area (TPSA) is 45.2 Å². The fourth-order valence-electron chi connectivity index (χ4n) is 3.01. The second-order valence-corrected chi connectivity index (χ2v) is 8.16. The Morgan fingerprint density at radius 1 is 1.24 bits per heavy atom. The predicted octanol–water partition coefficient (Wildman–Crippen LogP) is 4.97. The van der Waals surface area contributed by atoms with Crippen LogP contribution in [0.2, 0.25) is 0 Å². The van der Waals surface area contributed by atoms with E-state index in [-0.39, 0.29) is 5.91 Å². The minimum atomic E-state index is -0.165. The van der Waals surface area contributed by atoms with E-state index in [4.69, 9.17) is 0 Å². The van der Waals surface area contributed by atoms with Crippen LogP contribution in [0, 0.1) is 5.92 Å². The van der Waals surface area contributed by atoms with Crippen molar-refractivity contribution in [1.29, 1.82) is 0 Å². The molecule has 25 heavy (non-hydrogen) atoms. The number of carbonyl (C=O) groups excluding carboxylic acids is 1. The van der Waals surface area contributed by atoms with E-state index in [0.29, 0.717) is 5.69 Å². The van der Waals surface area contributed by atoms with E-state index in [1.807, 2.05) is 35.0 Å². The normalized spacial score (nSPS) is 17.0. The Morgan fingerprint density at radius 2 is 2.08 bits per heavy atom. The van der Waals surface area contributed by atoms with Crippen LogP contribution in [0.3, 0.4) is 0 Å². The zero-order chi connectivity index (χ0) is 17.2. The summed E-state index contributed by atoms with van der Waals surface area (Å²) in [6.07, 6.45) is 1.24. The highest BCUT2D eigenvalue weighted by Gasteiger charge is 2.19. The van der Waals surface area contributed by atoms with Gasteiger partial charge in [-0.15, -0.1) is 22.7 Å². The largest absolute Gasteiger partial charge is 0.371 e. The van der Waals surface area contributed by atoms with Crippen molar-refractivity contribution >= 4 is 40.0 Å². The molecule has 1 unspecified atom stereocenters. The van der Waals surface area contributed by atoms with Crippen LogP contribution in [-0.4, -0.2) is 24.0 Å². The maximum absolute atomic E-state index is 12.4. The van der Waals surface area contributed by atoms with E-state index < -0.39 is 0 Å². The smallest absolute Gasteiger partial charge is 0.275 e. The van der Waals surface area contributed by atoms with Crippen molar-refractivity contribution in [2.24, 2.45) is 5.92 Å². The molecule has 3 aromatic rings. The molecule has 1 N–H and O–H groups in total. The van der Waals surface area contributed by atoms with E-state index in [1.54, 1.807) is 11.3 Å². The Labute approximate surface area is 155 Å². The number of anilines is 2. The summed E-state index contributed by atoms with van der Waals surface area (Å²) in [4.78, 5) is 20.3. The van der Waals surface area contributed by atoms with Crippen molar-refractivity contribution in [3.63, 3.8) is 0 Å². The lowest BCUT2D eigenvalue weighted by Gasteiger charge is -2.18. The third-order valence-electron chi connectivity index (χ3n) is 4.38. The van der Waals surface area contributed by atoms with Crippen LogP contribution in [0.25, 0.3) is 9.88 Å². The highest BCUT2D eigenvalue weighted by atomic mass is 32.1. The lowest BCUT2D eigenvalue weighted by molar-refractivity contribution is 0.102. The monoisotopic (exact) mass is 369 g/mol. The summed E-state index contributed by atoms with van der Waals surface area (Å²) >= 11 is 3.13. The molecule has 4 rings (SSSR count).